The molecule has 1 amide bonds. The second-order valence-corrected chi connectivity index (χ2v) is 4.44. The van der Waals surface area contributed by atoms with Crippen molar-refractivity contribution in [2.75, 3.05) is 7.11 Å². The summed E-state index contributed by atoms with van der Waals surface area (Å²) < 4.78 is 4.42. The molecule has 0 fully saturated rings. The second-order valence-electron chi connectivity index (χ2n) is 4.44. The van der Waals surface area contributed by atoms with Gasteiger partial charge in [0.1, 0.15) is 6.04 Å². The number of esters is 1. The Labute approximate surface area is 112 Å². The lowest BCUT2D eigenvalue weighted by Crippen LogP contribution is -2.41. The van der Waals surface area contributed by atoms with Crippen LogP contribution in [-0.4, -0.2) is 42.1 Å². The van der Waals surface area contributed by atoms with Crippen molar-refractivity contribution in [2.24, 2.45) is 5.73 Å². The number of nitrogens with two attached hydrogens (primary N) is 1. The number of carbonyl (C=O) groups excluding carboxylic acids is 2. The smallest absolute Gasteiger partial charge is 0.326 e. The van der Waals surface area contributed by atoms with E-state index in [9.17, 15) is 14.4 Å². The number of hydrogen-bond donors (Lipinski definition) is 3. The van der Waals surface area contributed by atoms with Crippen LogP contribution >= 0.6 is 0 Å². The minimum Gasteiger partial charge on any atom is -0.480 e. The zero-order valence-electron chi connectivity index (χ0n) is 11.3. The van der Waals surface area contributed by atoms with E-state index in [0.717, 1.165) is 0 Å². The average Bonchev–Trinajstić information content (AvgIpc) is 2.33. The van der Waals surface area contributed by atoms with Gasteiger partial charge >= 0.3 is 11.9 Å². The summed E-state index contributed by atoms with van der Waals surface area (Å²) in [6, 6.07) is -1.05. The fraction of sp³-hybridized carbons (Fsp3) is 0.750. The lowest BCUT2D eigenvalue weighted by Gasteiger charge is -2.14. The fourth-order valence-corrected chi connectivity index (χ4v) is 1.47. The van der Waals surface area contributed by atoms with Gasteiger partial charge in [0, 0.05) is 18.9 Å². The topological polar surface area (TPSA) is 119 Å². The molecule has 0 saturated heterocycles. The highest BCUT2D eigenvalue weighted by atomic mass is 16.5. The number of hydrogen-bond acceptors (Lipinski definition) is 5. The highest BCUT2D eigenvalue weighted by molar-refractivity contribution is 5.83. The molecule has 0 radical (unpaired) electrons. The first kappa shape index (κ1) is 17.4. The first-order valence-electron chi connectivity index (χ1n) is 6.21. The Hall–Kier alpha value is -1.63. The third kappa shape index (κ3) is 9.01. The molecule has 0 aliphatic carbocycles. The zero-order valence-corrected chi connectivity index (χ0v) is 11.3. The molecule has 0 bridgehead atoms. The van der Waals surface area contributed by atoms with Crippen LogP contribution in [0.4, 0.5) is 0 Å². The quantitative estimate of drug-likeness (QED) is 0.510. The Morgan fingerprint density at radius 2 is 1.89 bits per heavy atom. The summed E-state index contributed by atoms with van der Waals surface area (Å²) in [6.45, 7) is 1.84. The van der Waals surface area contributed by atoms with Crippen molar-refractivity contribution >= 4 is 17.8 Å². The Balaban J connectivity index is 4.08. The monoisotopic (exact) mass is 274 g/mol. The Bertz CT molecular complexity index is 317. The van der Waals surface area contributed by atoms with Gasteiger partial charge in [-0.15, -0.1) is 0 Å². The maximum Gasteiger partial charge on any atom is 0.326 e. The van der Waals surface area contributed by atoms with Gasteiger partial charge in [0.05, 0.1) is 7.11 Å². The van der Waals surface area contributed by atoms with E-state index in [4.69, 9.17) is 10.8 Å². The molecular weight excluding hydrogens is 252 g/mol. The van der Waals surface area contributed by atoms with Crippen LogP contribution in [0.15, 0.2) is 0 Å². The highest BCUT2D eigenvalue weighted by Gasteiger charge is 2.20. The summed E-state index contributed by atoms with van der Waals surface area (Å²) in [5, 5.41) is 11.3. The number of nitrogens with one attached hydrogen (secondary N) is 1. The Morgan fingerprint density at radius 3 is 2.37 bits per heavy atom. The number of aliphatic carboxylic acids is 1. The van der Waals surface area contributed by atoms with Crippen LogP contribution in [-0.2, 0) is 19.1 Å². The summed E-state index contributed by atoms with van der Waals surface area (Å²) >= 11 is 0. The number of methoxy groups -OCH3 is 1. The molecule has 2 atom stereocenters. The molecule has 7 nitrogen and oxygen atoms in total. The lowest BCUT2D eigenvalue weighted by atomic mass is 10.1. The van der Waals surface area contributed by atoms with Crippen molar-refractivity contribution in [3.63, 3.8) is 0 Å². The molecule has 0 aromatic rings. The predicted molar refractivity (Wildman–Crippen MR) is 68.3 cm³/mol. The van der Waals surface area contributed by atoms with Crippen molar-refractivity contribution in [1.29, 1.82) is 0 Å². The van der Waals surface area contributed by atoms with Gasteiger partial charge in [0.2, 0.25) is 5.91 Å². The van der Waals surface area contributed by atoms with Crippen molar-refractivity contribution in [3.8, 4) is 0 Å². The minimum atomic E-state index is -1.16. The molecule has 0 aliphatic heterocycles. The number of amides is 1. The molecule has 0 heterocycles. The summed E-state index contributed by atoms with van der Waals surface area (Å²) in [6.07, 6.45) is 1.50. The first-order chi connectivity index (χ1) is 8.86. The Morgan fingerprint density at radius 1 is 1.26 bits per heavy atom. The van der Waals surface area contributed by atoms with Gasteiger partial charge in [-0.1, -0.05) is 0 Å². The third-order valence-electron chi connectivity index (χ3n) is 2.56. The average molecular weight is 274 g/mol. The van der Waals surface area contributed by atoms with E-state index in [1.165, 1.54) is 7.11 Å². The standard InChI is InChI=1S/C12H22N2O5/c1-8(13)4-3-5-10(15)14-9(12(17)18)6-7-11(16)19-2/h8-9H,3-7,13H2,1-2H3,(H,14,15)(H,17,18)/t8?,9-/m0/s1. The molecule has 0 aromatic heterocycles. The second kappa shape index (κ2) is 9.32. The van der Waals surface area contributed by atoms with Crippen LogP contribution in [0.1, 0.15) is 39.0 Å². The minimum absolute atomic E-state index is 0.0149. The molecule has 19 heavy (non-hydrogen) atoms. The molecule has 0 rings (SSSR count). The van der Waals surface area contributed by atoms with Crippen molar-refractivity contribution in [3.05, 3.63) is 0 Å². The lowest BCUT2D eigenvalue weighted by molar-refractivity contribution is -0.144. The fourth-order valence-electron chi connectivity index (χ4n) is 1.47. The highest BCUT2D eigenvalue weighted by Crippen LogP contribution is 2.03. The van der Waals surface area contributed by atoms with Crippen LogP contribution in [0.25, 0.3) is 0 Å². The number of carboxylic acids is 1. The van der Waals surface area contributed by atoms with Crippen molar-refractivity contribution in [1.82, 2.24) is 5.32 Å². The summed E-state index contributed by atoms with van der Waals surface area (Å²) in [5.74, 6) is -2.01. The van der Waals surface area contributed by atoms with E-state index in [1.54, 1.807) is 0 Å². The zero-order chi connectivity index (χ0) is 14.8. The molecule has 0 saturated carbocycles. The SMILES string of the molecule is COC(=O)CC[C@H](NC(=O)CCCC(C)N)C(=O)O. The van der Waals surface area contributed by atoms with Gasteiger partial charge < -0.3 is 20.9 Å². The van der Waals surface area contributed by atoms with Crippen molar-refractivity contribution in [2.45, 2.75) is 51.1 Å². The van der Waals surface area contributed by atoms with Crippen molar-refractivity contribution < 1.29 is 24.2 Å². The predicted octanol–water partition coefficient (Wildman–Crippen LogP) is 0.0265. The molecular formula is C12H22N2O5. The first-order valence-corrected chi connectivity index (χ1v) is 6.21. The summed E-state index contributed by atoms with van der Waals surface area (Å²) in [5.41, 5.74) is 5.55. The largest absolute Gasteiger partial charge is 0.480 e. The number of rotatable bonds is 9. The van der Waals surface area contributed by atoms with E-state index in [2.05, 4.69) is 10.1 Å². The Kier molecular flexibility index (Phi) is 8.52. The van der Waals surface area contributed by atoms with Gasteiger partial charge in [-0.05, 0) is 26.2 Å². The molecule has 0 spiro atoms. The van der Waals surface area contributed by atoms with Gasteiger partial charge in [-0.25, -0.2) is 4.79 Å². The van der Waals surface area contributed by atoms with Crippen LogP contribution in [0.3, 0.4) is 0 Å². The number of carbonyl (C=O) groups is 3. The van der Waals surface area contributed by atoms with Crippen LogP contribution in [0, 0.1) is 0 Å². The molecule has 4 N–H and O–H groups in total. The molecule has 1 unspecified atom stereocenters. The van der Waals surface area contributed by atoms with E-state index in [1.807, 2.05) is 6.92 Å². The maximum absolute atomic E-state index is 11.5. The van der Waals surface area contributed by atoms with E-state index < -0.39 is 18.0 Å². The number of carboxylic acid groups (broad SMARTS) is 1. The molecule has 0 aromatic carbocycles. The molecule has 7 heteroatoms. The van der Waals surface area contributed by atoms with Gasteiger partial charge in [-0.3, -0.25) is 9.59 Å². The summed E-state index contributed by atoms with van der Waals surface area (Å²) in [7, 11) is 1.23. The maximum atomic E-state index is 11.5. The van der Waals surface area contributed by atoms with Crippen LogP contribution < -0.4 is 11.1 Å². The van der Waals surface area contributed by atoms with E-state index in [0.29, 0.717) is 12.8 Å². The van der Waals surface area contributed by atoms with Gasteiger partial charge in [0.15, 0.2) is 0 Å². The third-order valence-corrected chi connectivity index (χ3v) is 2.56. The van der Waals surface area contributed by atoms with E-state index in [-0.39, 0.29) is 31.2 Å². The number of ether oxygens (including phenoxy) is 1. The van der Waals surface area contributed by atoms with Gasteiger partial charge in [0.25, 0.3) is 0 Å². The normalized spacial score (nSPS) is 13.4. The molecule has 110 valence electrons. The molecule has 0 aliphatic rings. The van der Waals surface area contributed by atoms with Gasteiger partial charge in [-0.2, -0.15) is 0 Å². The summed E-state index contributed by atoms with van der Waals surface area (Å²) in [4.78, 5) is 33.4. The van der Waals surface area contributed by atoms with Crippen LogP contribution in [0.5, 0.6) is 0 Å². The van der Waals surface area contributed by atoms with E-state index >= 15 is 0 Å². The van der Waals surface area contributed by atoms with Crippen LogP contribution in [0.2, 0.25) is 0 Å².